The molecule has 2 N–H and O–H groups in total. The number of urea groups is 1. The average molecular weight is 396 g/mol. The zero-order valence-electron chi connectivity index (χ0n) is 15.6. The Labute approximate surface area is 161 Å². The lowest BCUT2D eigenvalue weighted by Crippen LogP contribution is -2.65. The zero-order valence-corrected chi connectivity index (χ0v) is 15.6. The largest absolute Gasteiger partial charge is 0.469 e. The van der Waals surface area contributed by atoms with Crippen LogP contribution in [0.15, 0.2) is 24.3 Å². The molecule has 0 spiro atoms. The Morgan fingerprint density at radius 2 is 1.75 bits per heavy atom. The lowest BCUT2D eigenvalue weighted by molar-refractivity contribution is -0.171. The van der Waals surface area contributed by atoms with E-state index in [1.807, 2.05) is 0 Å². The summed E-state index contributed by atoms with van der Waals surface area (Å²) in [5, 5.41) is 5.29. The number of carbonyl (C=O) groups is 2. The van der Waals surface area contributed by atoms with Gasteiger partial charge in [-0.15, -0.1) is 0 Å². The van der Waals surface area contributed by atoms with Crippen molar-refractivity contribution in [3.63, 3.8) is 0 Å². The van der Waals surface area contributed by atoms with Crippen LogP contribution in [0.1, 0.15) is 44.1 Å². The maximum atomic E-state index is 13.2. The van der Waals surface area contributed by atoms with Gasteiger partial charge < -0.3 is 15.4 Å². The van der Waals surface area contributed by atoms with E-state index in [2.05, 4.69) is 10.6 Å². The molecule has 4 saturated carbocycles. The molecule has 0 aromatic heterocycles. The first-order valence-electron chi connectivity index (χ1n) is 9.49. The summed E-state index contributed by atoms with van der Waals surface area (Å²) in [4.78, 5) is 25.1. The van der Waals surface area contributed by atoms with Crippen molar-refractivity contribution in [1.82, 2.24) is 5.32 Å². The number of ether oxygens (including phenoxy) is 1. The lowest BCUT2D eigenvalue weighted by atomic mass is 9.47. The minimum Gasteiger partial charge on any atom is -0.469 e. The topological polar surface area (TPSA) is 67.4 Å². The highest BCUT2D eigenvalue weighted by Gasteiger charge is 2.61. The summed E-state index contributed by atoms with van der Waals surface area (Å²) in [7, 11) is 1.38. The molecule has 0 aliphatic heterocycles. The van der Waals surface area contributed by atoms with Gasteiger partial charge in [-0.3, -0.25) is 4.79 Å². The van der Waals surface area contributed by atoms with Crippen LogP contribution in [-0.2, 0) is 15.7 Å². The van der Waals surface area contributed by atoms with Gasteiger partial charge in [0.25, 0.3) is 0 Å². The summed E-state index contributed by atoms with van der Waals surface area (Å²) < 4.78 is 44.6. The average Bonchev–Trinajstić information content (AvgIpc) is 2.58. The number of nitrogens with one attached hydrogen (secondary N) is 2. The van der Waals surface area contributed by atoms with Gasteiger partial charge in [-0.2, -0.15) is 13.2 Å². The van der Waals surface area contributed by atoms with E-state index in [0.717, 1.165) is 38.2 Å². The van der Waals surface area contributed by atoms with Crippen LogP contribution < -0.4 is 10.6 Å². The molecule has 8 heteroatoms. The van der Waals surface area contributed by atoms with Gasteiger partial charge in [0.2, 0.25) is 0 Å². The molecule has 0 saturated heterocycles. The second-order valence-corrected chi connectivity index (χ2v) is 8.64. The first-order chi connectivity index (χ1) is 13.1. The Bertz CT molecular complexity index is 794. The summed E-state index contributed by atoms with van der Waals surface area (Å²) >= 11 is 0. The van der Waals surface area contributed by atoms with E-state index in [1.54, 1.807) is 0 Å². The van der Waals surface area contributed by atoms with Crippen LogP contribution in [0.4, 0.5) is 23.7 Å². The molecule has 28 heavy (non-hydrogen) atoms. The minimum absolute atomic E-state index is 0.240. The summed E-state index contributed by atoms with van der Waals surface area (Å²) in [5.41, 5.74) is -2.33. The molecular weight excluding hydrogens is 373 g/mol. The number of para-hydroxylation sites is 1. The molecular formula is C20H23F3N2O3. The normalized spacial score (nSPS) is 33.4. The van der Waals surface area contributed by atoms with Crippen molar-refractivity contribution in [3.8, 4) is 0 Å². The van der Waals surface area contributed by atoms with Gasteiger partial charge in [-0.1, -0.05) is 12.1 Å². The third kappa shape index (κ3) is 3.22. The first-order valence-corrected chi connectivity index (χ1v) is 9.49. The third-order valence-electron chi connectivity index (χ3n) is 6.54. The van der Waals surface area contributed by atoms with Crippen LogP contribution in [0.3, 0.4) is 0 Å². The summed E-state index contributed by atoms with van der Waals surface area (Å²) in [5.74, 6) is 0.404. The summed E-state index contributed by atoms with van der Waals surface area (Å²) in [6.07, 6.45) is -0.0301. The molecule has 1 aromatic rings. The minimum atomic E-state index is -4.56. The quantitative estimate of drug-likeness (QED) is 0.747. The van der Waals surface area contributed by atoms with Gasteiger partial charge in [-0.25, -0.2) is 4.79 Å². The van der Waals surface area contributed by atoms with Crippen molar-refractivity contribution in [2.75, 3.05) is 12.4 Å². The van der Waals surface area contributed by atoms with Crippen molar-refractivity contribution in [3.05, 3.63) is 29.8 Å². The van der Waals surface area contributed by atoms with Gasteiger partial charge in [0, 0.05) is 5.54 Å². The smallest absolute Gasteiger partial charge is 0.418 e. The monoisotopic (exact) mass is 396 g/mol. The Morgan fingerprint density at radius 1 is 1.11 bits per heavy atom. The van der Waals surface area contributed by atoms with Crippen LogP contribution in [0.5, 0.6) is 0 Å². The maximum Gasteiger partial charge on any atom is 0.418 e. The van der Waals surface area contributed by atoms with E-state index in [1.165, 1.54) is 25.3 Å². The Hall–Kier alpha value is -2.25. The molecule has 4 fully saturated rings. The van der Waals surface area contributed by atoms with Crippen LogP contribution in [0, 0.1) is 17.3 Å². The SMILES string of the molecule is COC(=O)C12C[C@@H]3C[C@@H](CC(NC(=O)Nc4ccccc4C(F)(F)F)(C3)C1)C2. The first kappa shape index (κ1) is 19.1. The van der Waals surface area contributed by atoms with Crippen LogP contribution >= 0.6 is 0 Å². The third-order valence-corrected chi connectivity index (χ3v) is 6.54. The molecule has 0 heterocycles. The highest BCUT2D eigenvalue weighted by Crippen LogP contribution is 2.62. The molecule has 5 rings (SSSR count). The van der Waals surface area contributed by atoms with Crippen molar-refractivity contribution < 1.29 is 27.5 Å². The van der Waals surface area contributed by atoms with E-state index in [0.29, 0.717) is 18.3 Å². The standard InChI is InChI=1S/C20H23F3N2O3/c1-28-16(26)18-7-12-6-13(8-18)10-19(9-12,11-18)25-17(27)24-15-5-3-2-4-14(15)20(21,22)23/h2-5,12-13H,6-11H2,1H3,(H2,24,25,27)/t12-,13+,18?,19?. The number of methoxy groups -OCH3 is 1. The fourth-order valence-corrected chi connectivity index (χ4v) is 6.10. The fourth-order valence-electron chi connectivity index (χ4n) is 6.10. The van der Waals surface area contributed by atoms with Gasteiger partial charge in [0.15, 0.2) is 0 Å². The van der Waals surface area contributed by atoms with E-state index in [4.69, 9.17) is 4.74 Å². The molecule has 4 atom stereocenters. The number of rotatable bonds is 3. The lowest BCUT2D eigenvalue weighted by Gasteiger charge is -2.60. The predicted molar refractivity (Wildman–Crippen MR) is 95.5 cm³/mol. The molecule has 4 aliphatic carbocycles. The van der Waals surface area contributed by atoms with Crippen molar-refractivity contribution in [1.29, 1.82) is 0 Å². The molecule has 2 unspecified atom stereocenters. The molecule has 1 aromatic carbocycles. The van der Waals surface area contributed by atoms with E-state index < -0.39 is 28.7 Å². The van der Waals surface area contributed by atoms with Crippen LogP contribution in [-0.4, -0.2) is 24.6 Å². The highest BCUT2D eigenvalue weighted by atomic mass is 19.4. The Morgan fingerprint density at radius 3 is 2.36 bits per heavy atom. The van der Waals surface area contributed by atoms with Gasteiger partial charge in [0.1, 0.15) is 0 Å². The predicted octanol–water partition coefficient (Wildman–Crippen LogP) is 4.34. The summed E-state index contributed by atoms with van der Waals surface area (Å²) in [6, 6.07) is 4.23. The molecule has 0 radical (unpaired) electrons. The number of hydrogen-bond acceptors (Lipinski definition) is 3. The van der Waals surface area contributed by atoms with Crippen LogP contribution in [0.25, 0.3) is 0 Å². The number of amides is 2. The second kappa shape index (κ2) is 6.39. The Kier molecular flexibility index (Phi) is 4.35. The fraction of sp³-hybridized carbons (Fsp3) is 0.600. The zero-order chi connectivity index (χ0) is 20.2. The van der Waals surface area contributed by atoms with Crippen LogP contribution in [0.2, 0.25) is 0 Å². The maximum absolute atomic E-state index is 13.2. The highest BCUT2D eigenvalue weighted by molar-refractivity contribution is 5.91. The molecule has 4 aliphatic rings. The Balaban J connectivity index is 1.53. The molecule has 152 valence electrons. The number of esters is 1. The molecule has 5 nitrogen and oxygen atoms in total. The number of halogens is 3. The van der Waals surface area contributed by atoms with E-state index in [-0.39, 0.29) is 11.7 Å². The van der Waals surface area contributed by atoms with Crippen molar-refractivity contribution in [2.24, 2.45) is 17.3 Å². The summed E-state index contributed by atoms with van der Waals surface area (Å²) in [6.45, 7) is 0. The second-order valence-electron chi connectivity index (χ2n) is 8.64. The number of hydrogen-bond donors (Lipinski definition) is 2. The van der Waals surface area contributed by atoms with E-state index >= 15 is 0 Å². The van der Waals surface area contributed by atoms with Gasteiger partial charge in [0.05, 0.1) is 23.8 Å². The number of benzene rings is 1. The van der Waals surface area contributed by atoms with Gasteiger partial charge >= 0.3 is 18.2 Å². The molecule has 4 bridgehead atoms. The number of alkyl halides is 3. The number of anilines is 1. The number of carbonyl (C=O) groups excluding carboxylic acids is 2. The van der Waals surface area contributed by atoms with Crippen molar-refractivity contribution >= 4 is 17.7 Å². The van der Waals surface area contributed by atoms with Crippen molar-refractivity contribution in [2.45, 2.75) is 50.2 Å². The van der Waals surface area contributed by atoms with Gasteiger partial charge in [-0.05, 0) is 62.5 Å². The molecule has 2 amide bonds. The van der Waals surface area contributed by atoms with E-state index in [9.17, 15) is 22.8 Å².